The predicted molar refractivity (Wildman–Crippen MR) is 112 cm³/mol. The number of fused-ring (bicyclic) bond motifs is 1. The third kappa shape index (κ3) is 4.54. The Morgan fingerprint density at radius 1 is 1.03 bits per heavy atom. The van der Waals surface area contributed by atoms with Crippen LogP contribution in [0.25, 0.3) is 0 Å². The SMILES string of the molecule is CCCCN1C(=O)c2ccc(C(=O)NCC(=O)Nc3ccccc3Br)cc2C1=O. The average Bonchev–Trinajstić information content (AvgIpc) is 2.96. The summed E-state index contributed by atoms with van der Waals surface area (Å²) in [4.78, 5) is 50.5. The van der Waals surface area contributed by atoms with E-state index in [4.69, 9.17) is 0 Å². The van der Waals surface area contributed by atoms with E-state index in [1.165, 1.54) is 23.1 Å². The van der Waals surface area contributed by atoms with Gasteiger partial charge >= 0.3 is 0 Å². The molecule has 29 heavy (non-hydrogen) atoms. The minimum absolute atomic E-state index is 0.218. The number of carbonyl (C=O) groups excluding carboxylic acids is 4. The van der Waals surface area contributed by atoms with Crippen molar-refractivity contribution >= 4 is 45.2 Å². The van der Waals surface area contributed by atoms with E-state index in [0.29, 0.717) is 17.8 Å². The van der Waals surface area contributed by atoms with Crippen molar-refractivity contribution in [3.63, 3.8) is 0 Å². The molecular formula is C21H20BrN3O4. The molecule has 0 unspecified atom stereocenters. The topological polar surface area (TPSA) is 95.6 Å². The summed E-state index contributed by atoms with van der Waals surface area (Å²) in [5, 5.41) is 5.22. The van der Waals surface area contributed by atoms with Gasteiger partial charge in [-0.3, -0.25) is 24.1 Å². The maximum atomic E-state index is 12.5. The number of hydrogen-bond acceptors (Lipinski definition) is 4. The summed E-state index contributed by atoms with van der Waals surface area (Å²) in [5.74, 6) is -1.61. The highest BCUT2D eigenvalue weighted by Gasteiger charge is 2.35. The second-order valence-electron chi connectivity index (χ2n) is 6.59. The van der Waals surface area contributed by atoms with Gasteiger partial charge < -0.3 is 10.6 Å². The first-order valence-electron chi connectivity index (χ1n) is 9.25. The number of unbranched alkanes of at least 4 members (excludes halogenated alkanes) is 1. The molecule has 150 valence electrons. The van der Waals surface area contributed by atoms with Crippen molar-refractivity contribution in [3.05, 3.63) is 63.6 Å². The second kappa shape index (κ2) is 9.00. The molecule has 0 saturated carbocycles. The molecule has 0 spiro atoms. The van der Waals surface area contributed by atoms with Crippen LogP contribution < -0.4 is 10.6 Å². The lowest BCUT2D eigenvalue weighted by atomic mass is 10.1. The van der Waals surface area contributed by atoms with Crippen molar-refractivity contribution in [2.24, 2.45) is 0 Å². The lowest BCUT2D eigenvalue weighted by molar-refractivity contribution is -0.115. The van der Waals surface area contributed by atoms with E-state index >= 15 is 0 Å². The van der Waals surface area contributed by atoms with Crippen LogP contribution in [0, 0.1) is 0 Å². The zero-order valence-corrected chi connectivity index (χ0v) is 17.4. The van der Waals surface area contributed by atoms with Gasteiger partial charge in [0.2, 0.25) is 5.91 Å². The summed E-state index contributed by atoms with van der Waals surface area (Å²) < 4.78 is 0.731. The number of rotatable bonds is 7. The van der Waals surface area contributed by atoms with Crippen molar-refractivity contribution in [2.45, 2.75) is 19.8 Å². The third-order valence-electron chi connectivity index (χ3n) is 4.53. The number of para-hydroxylation sites is 1. The van der Waals surface area contributed by atoms with E-state index < -0.39 is 5.91 Å². The molecule has 3 rings (SSSR count). The zero-order chi connectivity index (χ0) is 21.0. The van der Waals surface area contributed by atoms with Crippen molar-refractivity contribution in [2.75, 3.05) is 18.4 Å². The standard InChI is InChI=1S/C21H20BrN3O4/c1-2-3-10-25-20(28)14-9-8-13(11-15(14)21(25)29)19(27)23-12-18(26)24-17-7-5-4-6-16(17)22/h4-9,11H,2-3,10,12H2,1H3,(H,23,27)(H,24,26). The van der Waals surface area contributed by atoms with Gasteiger partial charge in [-0.1, -0.05) is 25.5 Å². The molecule has 0 bridgehead atoms. The van der Waals surface area contributed by atoms with Crippen LogP contribution in [0.3, 0.4) is 0 Å². The molecule has 2 aromatic carbocycles. The summed E-state index contributed by atoms with van der Waals surface area (Å²) in [6.45, 7) is 2.11. The molecule has 4 amide bonds. The van der Waals surface area contributed by atoms with E-state index in [9.17, 15) is 19.2 Å². The van der Waals surface area contributed by atoms with Crippen LogP contribution in [0.1, 0.15) is 50.8 Å². The van der Waals surface area contributed by atoms with Crippen LogP contribution in [-0.4, -0.2) is 41.6 Å². The number of carbonyl (C=O) groups is 4. The van der Waals surface area contributed by atoms with E-state index in [-0.39, 0.29) is 35.4 Å². The number of hydrogen-bond donors (Lipinski definition) is 2. The van der Waals surface area contributed by atoms with Crippen LogP contribution in [0.4, 0.5) is 5.69 Å². The summed E-state index contributed by atoms with van der Waals surface area (Å²) in [5.41, 5.74) is 1.34. The highest BCUT2D eigenvalue weighted by atomic mass is 79.9. The fourth-order valence-electron chi connectivity index (χ4n) is 2.97. The number of benzene rings is 2. The first-order chi connectivity index (χ1) is 13.9. The van der Waals surface area contributed by atoms with Gasteiger partial charge in [0.15, 0.2) is 0 Å². The van der Waals surface area contributed by atoms with E-state index in [2.05, 4.69) is 26.6 Å². The smallest absolute Gasteiger partial charge is 0.261 e. The van der Waals surface area contributed by atoms with Crippen molar-refractivity contribution < 1.29 is 19.2 Å². The molecule has 0 aliphatic carbocycles. The number of imide groups is 1. The zero-order valence-electron chi connectivity index (χ0n) is 15.8. The summed E-state index contributed by atoms with van der Waals surface area (Å²) in [6, 6.07) is 11.5. The average molecular weight is 458 g/mol. The molecule has 2 aromatic rings. The van der Waals surface area contributed by atoms with Crippen molar-refractivity contribution in [1.29, 1.82) is 0 Å². The van der Waals surface area contributed by atoms with Crippen LogP contribution in [0.5, 0.6) is 0 Å². The molecule has 1 aliphatic rings. The molecule has 0 saturated heterocycles. The summed E-state index contributed by atoms with van der Waals surface area (Å²) in [7, 11) is 0. The van der Waals surface area contributed by atoms with Gasteiger partial charge in [-0.25, -0.2) is 0 Å². The van der Waals surface area contributed by atoms with Gasteiger partial charge in [0.1, 0.15) is 0 Å². The molecule has 8 heteroatoms. The van der Waals surface area contributed by atoms with Gasteiger partial charge in [-0.15, -0.1) is 0 Å². The quantitative estimate of drug-likeness (QED) is 0.623. The minimum atomic E-state index is -0.498. The lowest BCUT2D eigenvalue weighted by Crippen LogP contribution is -2.33. The van der Waals surface area contributed by atoms with Gasteiger partial charge in [-0.2, -0.15) is 0 Å². The molecule has 0 radical (unpaired) electrons. The number of nitrogens with zero attached hydrogens (tertiary/aromatic N) is 1. The maximum absolute atomic E-state index is 12.5. The maximum Gasteiger partial charge on any atom is 0.261 e. The van der Waals surface area contributed by atoms with Crippen molar-refractivity contribution in [1.82, 2.24) is 10.2 Å². The molecule has 2 N–H and O–H groups in total. The first kappa shape index (κ1) is 20.7. The lowest BCUT2D eigenvalue weighted by Gasteiger charge is -2.12. The molecule has 0 aromatic heterocycles. The largest absolute Gasteiger partial charge is 0.343 e. The van der Waals surface area contributed by atoms with Crippen LogP contribution >= 0.6 is 15.9 Å². The number of nitrogens with one attached hydrogen (secondary N) is 2. The normalized spacial score (nSPS) is 12.7. The number of anilines is 1. The van der Waals surface area contributed by atoms with Crippen LogP contribution in [0.2, 0.25) is 0 Å². The molecule has 1 aliphatic heterocycles. The molecule has 0 atom stereocenters. The first-order valence-corrected chi connectivity index (χ1v) is 10.0. The van der Waals surface area contributed by atoms with E-state index in [1.54, 1.807) is 18.2 Å². The Morgan fingerprint density at radius 2 is 1.76 bits per heavy atom. The Bertz CT molecular complexity index is 990. The van der Waals surface area contributed by atoms with Gasteiger partial charge in [0.05, 0.1) is 23.4 Å². The Hall–Kier alpha value is -3.00. The fraction of sp³-hybridized carbons (Fsp3) is 0.238. The number of halogens is 1. The van der Waals surface area contributed by atoms with Crippen LogP contribution in [-0.2, 0) is 4.79 Å². The summed E-state index contributed by atoms with van der Waals surface area (Å²) in [6.07, 6.45) is 1.59. The predicted octanol–water partition coefficient (Wildman–Crippen LogP) is 3.21. The van der Waals surface area contributed by atoms with Crippen molar-refractivity contribution in [3.8, 4) is 0 Å². The molecule has 7 nitrogen and oxygen atoms in total. The monoisotopic (exact) mass is 457 g/mol. The van der Waals surface area contributed by atoms with Gasteiger partial charge in [-0.05, 0) is 52.7 Å². The Kier molecular flexibility index (Phi) is 6.43. The second-order valence-corrected chi connectivity index (χ2v) is 7.44. The highest BCUT2D eigenvalue weighted by Crippen LogP contribution is 2.24. The Labute approximate surface area is 176 Å². The fourth-order valence-corrected chi connectivity index (χ4v) is 3.35. The molecule has 1 heterocycles. The van der Waals surface area contributed by atoms with E-state index in [0.717, 1.165) is 17.3 Å². The Balaban J connectivity index is 1.64. The third-order valence-corrected chi connectivity index (χ3v) is 5.22. The van der Waals surface area contributed by atoms with Gasteiger partial charge in [0.25, 0.3) is 17.7 Å². The number of amides is 4. The van der Waals surface area contributed by atoms with E-state index in [1.807, 2.05) is 13.0 Å². The molecular weight excluding hydrogens is 438 g/mol. The van der Waals surface area contributed by atoms with Crippen LogP contribution in [0.15, 0.2) is 46.9 Å². The molecule has 0 fully saturated rings. The van der Waals surface area contributed by atoms with Gasteiger partial charge in [0, 0.05) is 16.6 Å². The summed E-state index contributed by atoms with van der Waals surface area (Å²) >= 11 is 3.34. The minimum Gasteiger partial charge on any atom is -0.343 e. The highest BCUT2D eigenvalue weighted by molar-refractivity contribution is 9.10. The Morgan fingerprint density at radius 3 is 2.48 bits per heavy atom.